The largest absolute Gasteiger partial charge is 0.396 e. The van der Waals surface area contributed by atoms with Gasteiger partial charge in [-0.3, -0.25) is 4.79 Å². The highest BCUT2D eigenvalue weighted by atomic mass is 16.3. The number of Topliss-reactive ketones (excluding diaryl/α,β-unsaturated/α-hetero) is 1. The summed E-state index contributed by atoms with van der Waals surface area (Å²) in [7, 11) is 0. The highest BCUT2D eigenvalue weighted by Gasteiger charge is 2.48. The van der Waals surface area contributed by atoms with E-state index in [1.54, 1.807) is 0 Å². The predicted molar refractivity (Wildman–Crippen MR) is 79.7 cm³/mol. The first-order chi connectivity index (χ1) is 9.65. The van der Waals surface area contributed by atoms with E-state index in [0.717, 1.165) is 38.5 Å². The van der Waals surface area contributed by atoms with Gasteiger partial charge in [0.2, 0.25) is 0 Å². The molecule has 0 bridgehead atoms. The molecule has 2 aliphatic rings. The summed E-state index contributed by atoms with van der Waals surface area (Å²) in [4.78, 5) is 11.7. The number of fused-ring (bicyclic) bond motifs is 2. The van der Waals surface area contributed by atoms with Gasteiger partial charge in [0.05, 0.1) is 0 Å². The molecule has 1 saturated carbocycles. The molecule has 0 saturated heterocycles. The molecule has 0 aromatic heterocycles. The van der Waals surface area contributed by atoms with Crippen LogP contribution in [-0.4, -0.2) is 17.5 Å². The lowest BCUT2D eigenvalue weighted by Gasteiger charge is -2.40. The monoisotopic (exact) mass is 272 g/mol. The number of aliphatic hydroxyl groups is 1. The van der Waals surface area contributed by atoms with Gasteiger partial charge in [0, 0.05) is 19.4 Å². The van der Waals surface area contributed by atoms with Crippen LogP contribution in [0.1, 0.15) is 50.2 Å². The molecule has 1 spiro atoms. The van der Waals surface area contributed by atoms with Gasteiger partial charge in [-0.25, -0.2) is 0 Å². The molecule has 1 fully saturated rings. The zero-order chi connectivity index (χ0) is 14.2. The van der Waals surface area contributed by atoms with Gasteiger partial charge in [-0.2, -0.15) is 0 Å². The molecule has 2 aliphatic carbocycles. The summed E-state index contributed by atoms with van der Waals surface area (Å²) in [6.45, 7) is 2.40. The van der Waals surface area contributed by atoms with Gasteiger partial charge in [0.15, 0.2) is 0 Å². The highest BCUT2D eigenvalue weighted by molar-refractivity contribution is 5.79. The number of aliphatic hydroxyl groups excluding tert-OH is 1. The molecular formula is C18H24O2. The van der Waals surface area contributed by atoms with Crippen molar-refractivity contribution < 1.29 is 9.90 Å². The molecule has 2 heteroatoms. The van der Waals surface area contributed by atoms with Crippen molar-refractivity contribution in [3.63, 3.8) is 0 Å². The molecule has 2 nitrogen and oxygen atoms in total. The van der Waals surface area contributed by atoms with Crippen LogP contribution in [0.3, 0.4) is 0 Å². The molecule has 1 aromatic rings. The fraction of sp³-hybridized carbons (Fsp3) is 0.611. The zero-order valence-corrected chi connectivity index (χ0v) is 12.3. The van der Waals surface area contributed by atoms with E-state index in [4.69, 9.17) is 0 Å². The molecule has 0 heterocycles. The van der Waals surface area contributed by atoms with Gasteiger partial charge >= 0.3 is 0 Å². The Labute approximate surface area is 121 Å². The van der Waals surface area contributed by atoms with Gasteiger partial charge < -0.3 is 5.11 Å². The van der Waals surface area contributed by atoms with Crippen molar-refractivity contribution in [2.75, 3.05) is 6.61 Å². The Kier molecular flexibility index (Phi) is 3.68. The number of hydrogen-bond acceptors (Lipinski definition) is 2. The van der Waals surface area contributed by atoms with E-state index in [-0.39, 0.29) is 12.0 Å². The second-order valence-corrected chi connectivity index (χ2v) is 6.78. The number of benzene rings is 1. The average Bonchev–Trinajstić information content (AvgIpc) is 2.76. The van der Waals surface area contributed by atoms with Gasteiger partial charge in [0.25, 0.3) is 0 Å². The minimum absolute atomic E-state index is 0.202. The van der Waals surface area contributed by atoms with Crippen LogP contribution < -0.4 is 0 Å². The third-order valence-corrected chi connectivity index (χ3v) is 5.50. The Hall–Kier alpha value is -1.15. The minimum Gasteiger partial charge on any atom is -0.396 e. The van der Waals surface area contributed by atoms with E-state index in [1.165, 1.54) is 11.1 Å². The van der Waals surface area contributed by atoms with Crippen molar-refractivity contribution in [1.29, 1.82) is 0 Å². The smallest absolute Gasteiger partial charge is 0.132 e. The molecular weight excluding hydrogens is 248 g/mol. The van der Waals surface area contributed by atoms with Crippen molar-refractivity contribution in [2.24, 2.45) is 11.8 Å². The van der Waals surface area contributed by atoms with Crippen LogP contribution in [0.5, 0.6) is 0 Å². The summed E-state index contributed by atoms with van der Waals surface area (Å²) in [5.41, 5.74) is 3.16. The number of ketones is 1. The fourth-order valence-electron chi connectivity index (χ4n) is 4.39. The Balaban J connectivity index is 1.94. The standard InChI is InChI=1S/C18H24O2/c1-13(12-19)10-15-11-14-4-2-3-5-17(14)18(15)8-6-16(20)7-9-18/h2-5,13,15,19H,6-12H2,1H3/t13-,15-/m1/s1. The lowest BCUT2D eigenvalue weighted by molar-refractivity contribution is -0.121. The third-order valence-electron chi connectivity index (χ3n) is 5.50. The van der Waals surface area contributed by atoms with Crippen molar-refractivity contribution >= 4 is 5.78 Å². The van der Waals surface area contributed by atoms with E-state index < -0.39 is 0 Å². The van der Waals surface area contributed by atoms with Crippen LogP contribution in [0.15, 0.2) is 24.3 Å². The Morgan fingerprint density at radius 3 is 2.70 bits per heavy atom. The number of hydrogen-bond donors (Lipinski definition) is 1. The molecule has 20 heavy (non-hydrogen) atoms. The maximum atomic E-state index is 11.7. The van der Waals surface area contributed by atoms with Gasteiger partial charge in [-0.05, 0) is 54.1 Å². The molecule has 0 amide bonds. The molecule has 108 valence electrons. The molecule has 1 N–H and O–H groups in total. The van der Waals surface area contributed by atoms with E-state index in [9.17, 15) is 9.90 Å². The van der Waals surface area contributed by atoms with E-state index in [0.29, 0.717) is 17.6 Å². The number of carbonyl (C=O) groups is 1. The summed E-state index contributed by atoms with van der Waals surface area (Å²) in [6, 6.07) is 8.78. The van der Waals surface area contributed by atoms with Crippen LogP contribution in [0, 0.1) is 11.8 Å². The topological polar surface area (TPSA) is 37.3 Å². The first kappa shape index (κ1) is 13.8. The van der Waals surface area contributed by atoms with Gasteiger partial charge in [-0.1, -0.05) is 31.2 Å². The van der Waals surface area contributed by atoms with E-state index in [2.05, 4.69) is 31.2 Å². The van der Waals surface area contributed by atoms with E-state index >= 15 is 0 Å². The lowest BCUT2D eigenvalue weighted by atomic mass is 9.63. The molecule has 0 radical (unpaired) electrons. The summed E-state index contributed by atoms with van der Waals surface area (Å²) in [5, 5.41) is 9.39. The van der Waals surface area contributed by atoms with Crippen LogP contribution in [0.4, 0.5) is 0 Å². The number of carbonyl (C=O) groups excluding carboxylic acids is 1. The Morgan fingerprint density at radius 1 is 1.30 bits per heavy atom. The number of rotatable bonds is 3. The molecule has 0 unspecified atom stereocenters. The maximum Gasteiger partial charge on any atom is 0.132 e. The minimum atomic E-state index is 0.202. The van der Waals surface area contributed by atoms with Crippen molar-refractivity contribution in [1.82, 2.24) is 0 Å². The second kappa shape index (κ2) is 5.33. The molecule has 0 aliphatic heterocycles. The summed E-state index contributed by atoms with van der Waals surface area (Å²) >= 11 is 0. The van der Waals surface area contributed by atoms with Crippen molar-refractivity contribution in [3.05, 3.63) is 35.4 Å². The quantitative estimate of drug-likeness (QED) is 0.917. The first-order valence-electron chi connectivity index (χ1n) is 7.86. The maximum absolute atomic E-state index is 11.7. The SMILES string of the molecule is C[C@@H](CO)C[C@@H]1Cc2ccccc2C12CCC(=O)CC2. The van der Waals surface area contributed by atoms with Crippen molar-refractivity contribution in [2.45, 2.75) is 50.9 Å². The first-order valence-corrected chi connectivity index (χ1v) is 7.86. The Bertz CT molecular complexity index is 496. The summed E-state index contributed by atoms with van der Waals surface area (Å²) < 4.78 is 0. The zero-order valence-electron chi connectivity index (χ0n) is 12.3. The molecule has 1 aromatic carbocycles. The summed E-state index contributed by atoms with van der Waals surface area (Å²) in [5.74, 6) is 1.37. The van der Waals surface area contributed by atoms with Crippen LogP contribution in [0.2, 0.25) is 0 Å². The predicted octanol–water partition coefficient (Wildman–Crippen LogP) is 3.26. The van der Waals surface area contributed by atoms with Crippen LogP contribution in [0.25, 0.3) is 0 Å². The van der Waals surface area contributed by atoms with Gasteiger partial charge in [-0.15, -0.1) is 0 Å². The Morgan fingerprint density at radius 2 is 2.00 bits per heavy atom. The average molecular weight is 272 g/mol. The lowest BCUT2D eigenvalue weighted by Crippen LogP contribution is -2.37. The fourth-order valence-corrected chi connectivity index (χ4v) is 4.39. The van der Waals surface area contributed by atoms with Gasteiger partial charge in [0.1, 0.15) is 5.78 Å². The van der Waals surface area contributed by atoms with Crippen molar-refractivity contribution in [3.8, 4) is 0 Å². The third kappa shape index (κ3) is 2.20. The van der Waals surface area contributed by atoms with Crippen LogP contribution in [-0.2, 0) is 16.6 Å². The second-order valence-electron chi connectivity index (χ2n) is 6.78. The summed E-state index contributed by atoms with van der Waals surface area (Å²) in [6.07, 6.45) is 5.67. The highest BCUT2D eigenvalue weighted by Crippen LogP contribution is 2.53. The van der Waals surface area contributed by atoms with E-state index in [1.807, 2.05) is 0 Å². The molecule has 2 atom stereocenters. The normalized spacial score (nSPS) is 25.7. The van der Waals surface area contributed by atoms with Crippen LogP contribution >= 0.6 is 0 Å². The molecule has 3 rings (SSSR count).